The van der Waals surface area contributed by atoms with Crippen molar-refractivity contribution in [2.24, 2.45) is 0 Å². The summed E-state index contributed by atoms with van der Waals surface area (Å²) in [5.74, 6) is 0.684. The standard InChI is InChI=1S/C48H27N3OS/c1-2-13-30(14-3-1)44-47-45(36-17-8-9-20-41(36)53-47)50-48(49-44)31-21-24-34-35-18-10-19-39(46(35)52-40(34)27-31)51-37-25-22-28-11-4-6-15-32(28)42(37)43-33-16-7-5-12-29(33)23-26-38(43)51/h1-27H. The Morgan fingerprint density at radius 1 is 0.491 bits per heavy atom. The van der Waals surface area contributed by atoms with Gasteiger partial charge in [-0.15, -0.1) is 11.3 Å². The van der Waals surface area contributed by atoms with Gasteiger partial charge in [0.25, 0.3) is 0 Å². The third kappa shape index (κ3) is 4.11. The number of furan rings is 1. The first-order valence-corrected chi connectivity index (χ1v) is 18.6. The first-order valence-electron chi connectivity index (χ1n) is 17.8. The summed E-state index contributed by atoms with van der Waals surface area (Å²) in [7, 11) is 0. The molecule has 0 N–H and O–H groups in total. The fraction of sp³-hybridized carbons (Fsp3) is 0. The second-order valence-corrected chi connectivity index (χ2v) is 14.8. The van der Waals surface area contributed by atoms with Gasteiger partial charge in [-0.3, -0.25) is 0 Å². The number of nitrogens with zero attached hydrogens (tertiary/aromatic N) is 3. The number of rotatable bonds is 3. The molecule has 0 bridgehead atoms. The highest BCUT2D eigenvalue weighted by atomic mass is 32.1. The Kier molecular flexibility index (Phi) is 5.90. The molecule has 0 aliphatic heterocycles. The SMILES string of the molecule is c1ccc(-c2nc(-c3ccc4c(c3)oc3c(-n5c6ccc7ccccc7c6c6c7ccccc7ccc65)cccc34)nc3c2sc2ccccc23)cc1. The van der Waals surface area contributed by atoms with E-state index in [1.165, 1.54) is 37.0 Å². The quantitative estimate of drug-likeness (QED) is 0.185. The molecule has 0 radical (unpaired) electrons. The second-order valence-electron chi connectivity index (χ2n) is 13.7. The molecular weight excluding hydrogens is 667 g/mol. The number of benzene rings is 8. The van der Waals surface area contributed by atoms with Crippen molar-refractivity contribution >= 4 is 96.9 Å². The molecule has 4 aromatic heterocycles. The maximum Gasteiger partial charge on any atom is 0.160 e. The molecule has 0 fully saturated rings. The van der Waals surface area contributed by atoms with E-state index in [1.54, 1.807) is 11.3 Å². The van der Waals surface area contributed by atoms with Crippen molar-refractivity contribution < 1.29 is 4.42 Å². The molecule has 0 saturated heterocycles. The molecule has 53 heavy (non-hydrogen) atoms. The van der Waals surface area contributed by atoms with E-state index < -0.39 is 0 Å². The van der Waals surface area contributed by atoms with E-state index in [2.05, 4.69) is 162 Å². The lowest BCUT2D eigenvalue weighted by Gasteiger charge is -2.09. The molecule has 0 saturated carbocycles. The zero-order chi connectivity index (χ0) is 34.6. The average molecular weight is 694 g/mol. The Morgan fingerprint density at radius 2 is 1.15 bits per heavy atom. The van der Waals surface area contributed by atoms with Crippen molar-refractivity contribution in [1.82, 2.24) is 14.5 Å². The van der Waals surface area contributed by atoms with Crippen molar-refractivity contribution in [1.29, 1.82) is 0 Å². The maximum absolute atomic E-state index is 6.93. The van der Waals surface area contributed by atoms with Gasteiger partial charge in [0.2, 0.25) is 0 Å². The zero-order valence-electron chi connectivity index (χ0n) is 28.2. The van der Waals surface area contributed by atoms with Crippen molar-refractivity contribution in [3.8, 4) is 28.3 Å². The van der Waals surface area contributed by atoms with Gasteiger partial charge in [-0.1, -0.05) is 127 Å². The Morgan fingerprint density at radius 3 is 1.91 bits per heavy atom. The largest absolute Gasteiger partial charge is 0.454 e. The Bertz CT molecular complexity index is 3370. The van der Waals surface area contributed by atoms with Gasteiger partial charge < -0.3 is 8.98 Å². The summed E-state index contributed by atoms with van der Waals surface area (Å²) in [6, 6.07) is 58.2. The van der Waals surface area contributed by atoms with Crippen LogP contribution >= 0.6 is 11.3 Å². The van der Waals surface area contributed by atoms with Crippen molar-refractivity contribution in [2.45, 2.75) is 0 Å². The molecule has 0 aliphatic carbocycles. The molecule has 5 heteroatoms. The van der Waals surface area contributed by atoms with E-state index in [0.29, 0.717) is 5.82 Å². The van der Waals surface area contributed by atoms with Crippen LogP contribution in [0.4, 0.5) is 0 Å². The van der Waals surface area contributed by atoms with E-state index in [4.69, 9.17) is 14.4 Å². The van der Waals surface area contributed by atoms with E-state index >= 15 is 0 Å². The molecule has 0 unspecified atom stereocenters. The van der Waals surface area contributed by atoms with E-state index in [-0.39, 0.29) is 0 Å². The van der Waals surface area contributed by atoms with Gasteiger partial charge in [-0.05, 0) is 57.9 Å². The van der Waals surface area contributed by atoms with Crippen LogP contribution in [0.15, 0.2) is 168 Å². The summed E-state index contributed by atoms with van der Waals surface area (Å²) in [4.78, 5) is 10.4. The molecular formula is C48H27N3OS. The molecule has 0 amide bonds. The lowest BCUT2D eigenvalue weighted by Crippen LogP contribution is -1.94. The topological polar surface area (TPSA) is 43.9 Å². The molecule has 12 aromatic rings. The van der Waals surface area contributed by atoms with Crippen LogP contribution in [0, 0.1) is 0 Å². The highest BCUT2D eigenvalue weighted by molar-refractivity contribution is 7.26. The molecule has 4 heterocycles. The fourth-order valence-corrected chi connectivity index (χ4v) is 9.57. The van der Waals surface area contributed by atoms with Gasteiger partial charge in [0.15, 0.2) is 11.4 Å². The van der Waals surface area contributed by atoms with Crippen molar-refractivity contribution in [2.75, 3.05) is 0 Å². The molecule has 8 aromatic carbocycles. The highest BCUT2D eigenvalue weighted by Crippen LogP contribution is 2.44. The van der Waals surface area contributed by atoms with Gasteiger partial charge >= 0.3 is 0 Å². The lowest BCUT2D eigenvalue weighted by atomic mass is 10.00. The average Bonchev–Trinajstić information content (AvgIpc) is 3.90. The Hall–Kier alpha value is -6.82. The number of hydrogen-bond acceptors (Lipinski definition) is 4. The summed E-state index contributed by atoms with van der Waals surface area (Å²) in [5, 5.41) is 10.8. The summed E-state index contributed by atoms with van der Waals surface area (Å²) in [6.45, 7) is 0. The third-order valence-corrected chi connectivity index (χ3v) is 12.0. The number of hydrogen-bond donors (Lipinski definition) is 0. The van der Waals surface area contributed by atoms with Crippen LogP contribution in [-0.4, -0.2) is 14.5 Å². The molecule has 12 rings (SSSR count). The minimum atomic E-state index is 0.684. The predicted molar refractivity (Wildman–Crippen MR) is 222 cm³/mol. The Labute approximate surface area is 306 Å². The number of thiophene rings is 1. The minimum absolute atomic E-state index is 0.684. The number of para-hydroxylation sites is 1. The fourth-order valence-electron chi connectivity index (χ4n) is 8.42. The van der Waals surface area contributed by atoms with Crippen molar-refractivity contribution in [3.63, 3.8) is 0 Å². The van der Waals surface area contributed by atoms with Crippen LogP contribution in [0.25, 0.3) is 114 Å². The van der Waals surface area contributed by atoms with Crippen LogP contribution < -0.4 is 0 Å². The molecule has 0 spiro atoms. The van der Waals surface area contributed by atoms with Gasteiger partial charge in [-0.25, -0.2) is 9.97 Å². The highest BCUT2D eigenvalue weighted by Gasteiger charge is 2.22. The molecule has 0 aliphatic rings. The van der Waals surface area contributed by atoms with Crippen LogP contribution in [0.5, 0.6) is 0 Å². The van der Waals surface area contributed by atoms with Gasteiger partial charge in [0.1, 0.15) is 5.58 Å². The first kappa shape index (κ1) is 28.8. The Balaban J connectivity index is 1.11. The smallest absolute Gasteiger partial charge is 0.160 e. The van der Waals surface area contributed by atoms with Gasteiger partial charge in [0, 0.05) is 42.8 Å². The minimum Gasteiger partial charge on any atom is -0.454 e. The predicted octanol–water partition coefficient (Wildman–Crippen LogP) is 13.5. The van der Waals surface area contributed by atoms with Crippen LogP contribution in [-0.2, 0) is 0 Å². The number of aromatic nitrogens is 3. The van der Waals surface area contributed by atoms with Crippen LogP contribution in [0.1, 0.15) is 0 Å². The normalized spacial score (nSPS) is 12.2. The summed E-state index contributed by atoms with van der Waals surface area (Å²) in [6.07, 6.45) is 0. The molecule has 0 atom stereocenters. The number of fused-ring (bicyclic) bond motifs is 13. The third-order valence-electron chi connectivity index (χ3n) is 10.8. The summed E-state index contributed by atoms with van der Waals surface area (Å²) >= 11 is 1.75. The molecule has 4 nitrogen and oxygen atoms in total. The monoisotopic (exact) mass is 693 g/mol. The van der Waals surface area contributed by atoms with Gasteiger partial charge in [-0.2, -0.15) is 0 Å². The summed E-state index contributed by atoms with van der Waals surface area (Å²) in [5.41, 5.74) is 8.91. The van der Waals surface area contributed by atoms with Crippen molar-refractivity contribution in [3.05, 3.63) is 164 Å². The lowest BCUT2D eigenvalue weighted by molar-refractivity contribution is 0.666. The first-order chi connectivity index (χ1) is 26.3. The van der Waals surface area contributed by atoms with E-state index in [0.717, 1.165) is 71.1 Å². The van der Waals surface area contributed by atoms with E-state index in [9.17, 15) is 0 Å². The van der Waals surface area contributed by atoms with Crippen LogP contribution in [0.3, 0.4) is 0 Å². The van der Waals surface area contributed by atoms with Gasteiger partial charge in [0.05, 0.1) is 32.6 Å². The van der Waals surface area contributed by atoms with Crippen LogP contribution in [0.2, 0.25) is 0 Å². The second kappa shape index (κ2) is 10.8. The van der Waals surface area contributed by atoms with E-state index in [1.807, 2.05) is 6.07 Å². The maximum atomic E-state index is 6.93. The summed E-state index contributed by atoms with van der Waals surface area (Å²) < 4.78 is 11.6. The molecule has 246 valence electrons. The zero-order valence-corrected chi connectivity index (χ0v) is 29.1.